The molecule has 2 fully saturated rings. The summed E-state index contributed by atoms with van der Waals surface area (Å²) < 4.78 is 46.6. The van der Waals surface area contributed by atoms with Gasteiger partial charge in [-0.15, -0.1) is 0 Å². The second-order valence-corrected chi connectivity index (χ2v) is 23.3. The third-order valence-corrected chi connectivity index (χ3v) is 18.3. The van der Waals surface area contributed by atoms with E-state index in [1.54, 1.807) is 14.2 Å². The fourth-order valence-corrected chi connectivity index (χ4v) is 15.3. The van der Waals surface area contributed by atoms with E-state index in [9.17, 15) is 35.1 Å². The van der Waals surface area contributed by atoms with Gasteiger partial charge in [-0.3, -0.25) is 34.0 Å². The van der Waals surface area contributed by atoms with E-state index >= 15 is 0 Å². The molecule has 0 aliphatic carbocycles. The number of ether oxygens (including phenoxy) is 8. The zero-order valence-corrected chi connectivity index (χ0v) is 48.5. The summed E-state index contributed by atoms with van der Waals surface area (Å²) in [5, 5.41) is 47.5. The highest BCUT2D eigenvalue weighted by atomic mass is 16.7. The third kappa shape index (κ3) is 9.34. The minimum absolute atomic E-state index is 0. The van der Waals surface area contributed by atoms with Crippen molar-refractivity contribution in [2.24, 2.45) is 11.7 Å². The predicted octanol–water partition coefficient (Wildman–Crippen LogP) is 7.28. The van der Waals surface area contributed by atoms with Crippen molar-refractivity contribution in [3.63, 3.8) is 0 Å². The molecule has 8 aliphatic rings. The monoisotopic (exact) mass is 1160 g/mol. The number of nitrogens with zero attached hydrogens (tertiary/aromatic N) is 6. The minimum Gasteiger partial charge on any atom is -0.504 e. The van der Waals surface area contributed by atoms with E-state index in [0.717, 1.165) is 55.6 Å². The zero-order valence-electron chi connectivity index (χ0n) is 48.5. The van der Waals surface area contributed by atoms with Crippen molar-refractivity contribution in [3.8, 4) is 69.6 Å². The van der Waals surface area contributed by atoms with Gasteiger partial charge in [0.2, 0.25) is 19.5 Å². The van der Waals surface area contributed by atoms with Crippen molar-refractivity contribution in [1.29, 1.82) is 10.5 Å². The van der Waals surface area contributed by atoms with Gasteiger partial charge in [0.1, 0.15) is 23.6 Å². The van der Waals surface area contributed by atoms with Crippen LogP contribution in [-0.2, 0) is 40.1 Å². The van der Waals surface area contributed by atoms with Crippen LogP contribution in [0.2, 0.25) is 0 Å². The third-order valence-electron chi connectivity index (χ3n) is 18.3. The zero-order chi connectivity index (χ0) is 58.7. The summed E-state index contributed by atoms with van der Waals surface area (Å²) in [6.45, 7) is 14.7. The number of phenolic OH excluding ortho intramolecular Hbond substituents is 2. The molecule has 4 aromatic carbocycles. The van der Waals surface area contributed by atoms with Gasteiger partial charge in [0.25, 0.3) is 0 Å². The number of aryl methyl sites for hydroxylation is 2. The Morgan fingerprint density at radius 1 is 0.655 bits per heavy atom. The van der Waals surface area contributed by atoms with Crippen LogP contribution in [0.5, 0.6) is 57.5 Å². The summed E-state index contributed by atoms with van der Waals surface area (Å²) in [6, 6.07) is 5.99. The molecule has 0 radical (unpaired) electrons. The van der Waals surface area contributed by atoms with Crippen molar-refractivity contribution < 1.29 is 62.5 Å². The van der Waals surface area contributed by atoms with Crippen molar-refractivity contribution in [2.45, 2.75) is 163 Å². The Morgan fingerprint density at radius 2 is 1.06 bits per heavy atom. The molecule has 0 saturated carbocycles. The Morgan fingerprint density at radius 3 is 1.44 bits per heavy atom. The first-order chi connectivity index (χ1) is 39.2. The molecule has 2 unspecified atom stereocenters. The van der Waals surface area contributed by atoms with Gasteiger partial charge in [-0.25, -0.2) is 0 Å². The van der Waals surface area contributed by atoms with Crippen LogP contribution in [0.15, 0.2) is 12.1 Å². The average Bonchev–Trinajstić information content (AvgIpc) is 0.863. The second-order valence-electron chi connectivity index (χ2n) is 23.3. The van der Waals surface area contributed by atoms with E-state index in [1.807, 2.05) is 55.6 Å². The number of piperazine rings is 2. The number of amides is 1. The van der Waals surface area contributed by atoms with E-state index in [-0.39, 0.29) is 107 Å². The number of carbonyl (C=O) groups excluding carboxylic acids is 3. The number of esters is 2. The first-order valence-electron chi connectivity index (χ1n) is 28.0. The van der Waals surface area contributed by atoms with Crippen LogP contribution in [0.4, 0.5) is 0 Å². The molecule has 4 bridgehead atoms. The molecule has 0 aromatic heterocycles. The van der Waals surface area contributed by atoms with Crippen LogP contribution in [-0.4, -0.2) is 139 Å². The molecule has 10 atom stereocenters. The second kappa shape index (κ2) is 23.1. The number of carbonyl (C=O) groups is 3. The minimum atomic E-state index is -0.546. The van der Waals surface area contributed by atoms with Gasteiger partial charge in [-0.1, -0.05) is 40.8 Å². The topological polar surface area (TPSA) is 264 Å². The Kier molecular flexibility index (Phi) is 16.8. The molecule has 4 aromatic rings. The van der Waals surface area contributed by atoms with Crippen LogP contribution < -0.4 is 48.9 Å². The lowest BCUT2D eigenvalue weighted by atomic mass is 9.71. The lowest BCUT2D eigenvalue weighted by Gasteiger charge is -2.60. The number of rotatable bonds is 9. The number of likely N-dealkylation sites (N-methyl/N-ethyl adjacent to an activating group) is 2. The number of nitrogens with one attached hydrogen (secondary N) is 1. The maximum atomic E-state index is 13.0. The summed E-state index contributed by atoms with van der Waals surface area (Å²) in [7, 11) is 7.11. The number of aromatic hydroxyl groups is 2. The first-order valence-corrected chi connectivity index (χ1v) is 28.0. The van der Waals surface area contributed by atoms with Gasteiger partial charge >= 0.3 is 11.9 Å². The van der Waals surface area contributed by atoms with E-state index in [1.165, 1.54) is 13.8 Å². The molecule has 5 N–H and O–H groups in total. The van der Waals surface area contributed by atoms with Crippen molar-refractivity contribution >= 4 is 17.8 Å². The number of nitriles is 2. The largest absolute Gasteiger partial charge is 0.504 e. The molecule has 84 heavy (non-hydrogen) atoms. The van der Waals surface area contributed by atoms with Crippen LogP contribution in [0.25, 0.3) is 0 Å². The quantitative estimate of drug-likeness (QED) is 0.0947. The highest BCUT2D eigenvalue weighted by Gasteiger charge is 2.59. The number of benzene rings is 4. The smallest absolute Gasteiger partial charge is 0.308 e. The van der Waals surface area contributed by atoms with E-state index in [4.69, 9.17) is 43.6 Å². The van der Waals surface area contributed by atoms with Gasteiger partial charge in [0.15, 0.2) is 46.0 Å². The Bertz CT molecular complexity index is 3430. The number of nitrogens with two attached hydrogens (primary N) is 1. The molecule has 0 spiro atoms. The Labute approximate surface area is 492 Å². The molecule has 21 nitrogen and oxygen atoms in total. The van der Waals surface area contributed by atoms with Crippen molar-refractivity contribution in [2.75, 3.05) is 55.0 Å². The summed E-state index contributed by atoms with van der Waals surface area (Å²) in [6.07, 6.45) is 2.40. The van der Waals surface area contributed by atoms with E-state index in [0.29, 0.717) is 89.2 Å². The standard InChI is InChI=1S/C33H40N4O7.C28H32N4O6.2CH4/c1-15(2)8-25(39)35-13-24-27-20(31(44-18(5)38)17(4)32-33(27)43-14-42-32)11-22-28-26-19(9-16(3)30(41-7)29(26)40)10-21(36(28)6)23(12-34)37(22)24;1-12-6-15-7-17-19(9-29)32-18(23(31(17)4)21(15)24(34)25(12)35-5)8-16-22(20(32)10-30)28-27(36-11-37-28)13(2)26(16)38-14(3)33;;/h9,15,21-24,28,40H,8,10-11,13-14H2,1-7H3,(H,35,39);6,17-20,23,34H,7-8,10-11,30H2,1-5H3;2*1H4/t21-,22?,23-,24-,28-;17-,18?,19-,20-,23-;;/m00../s1. The number of methoxy groups -OCH3 is 2. The van der Waals surface area contributed by atoms with Crippen molar-refractivity contribution in [1.82, 2.24) is 24.9 Å². The van der Waals surface area contributed by atoms with Gasteiger partial charge in [-0.2, -0.15) is 10.5 Å². The number of fused-ring (bicyclic) bond motifs is 18. The molecule has 8 heterocycles. The van der Waals surface area contributed by atoms with Crippen molar-refractivity contribution in [3.05, 3.63) is 78.9 Å². The lowest BCUT2D eigenvalue weighted by Crippen LogP contribution is -2.68. The van der Waals surface area contributed by atoms with Crippen LogP contribution in [0.1, 0.15) is 140 Å². The van der Waals surface area contributed by atoms with Crippen LogP contribution in [0, 0.1) is 56.3 Å². The van der Waals surface area contributed by atoms with Gasteiger partial charge in [0, 0.05) is 102 Å². The molecular weight excluding hydrogens is 1080 g/mol. The maximum absolute atomic E-state index is 13.0. The SMILES string of the molecule is C.C.COc1c(C)cc2c(c1O)[C@@H]1C3Cc4c(OC(C)=O)c(C)c5c(c4[C@H](CN)N3[C@@H](C#N)[C@H](C2)N1C)OCO5.COc1c(C)cc2c(c1O)[C@@H]1C3Cc4c(OC(C)=O)c(C)c5c(c4[C@H](CNC(=O)CC(C)C)N3[C@@H](C#N)[C@H](C2)N1C)OCO5. The van der Waals surface area contributed by atoms with Gasteiger partial charge < -0.3 is 59.2 Å². The van der Waals surface area contributed by atoms with Gasteiger partial charge in [0.05, 0.1) is 50.5 Å². The molecule has 2 saturated heterocycles. The van der Waals surface area contributed by atoms with E-state index in [2.05, 4.69) is 49.2 Å². The van der Waals surface area contributed by atoms with Crippen LogP contribution >= 0.6 is 0 Å². The average molecular weight is 1160 g/mol. The van der Waals surface area contributed by atoms with Crippen LogP contribution in [0.3, 0.4) is 0 Å². The maximum Gasteiger partial charge on any atom is 0.308 e. The fraction of sp³-hybridized carbons (Fsp3) is 0.540. The molecule has 8 aliphatic heterocycles. The number of hydrogen-bond donors (Lipinski definition) is 4. The summed E-state index contributed by atoms with van der Waals surface area (Å²) in [5.41, 5.74) is 16.3. The molecule has 450 valence electrons. The van der Waals surface area contributed by atoms with E-state index < -0.39 is 30.1 Å². The number of hydrogen-bond acceptors (Lipinski definition) is 20. The normalized spacial score (nSPS) is 25.4. The first kappa shape index (κ1) is 61.0. The lowest BCUT2D eigenvalue weighted by molar-refractivity contribution is -0.133. The Hall–Kier alpha value is -7.53. The predicted molar refractivity (Wildman–Crippen MR) is 310 cm³/mol. The fourth-order valence-electron chi connectivity index (χ4n) is 15.3. The highest BCUT2D eigenvalue weighted by Crippen LogP contribution is 2.61. The summed E-state index contributed by atoms with van der Waals surface area (Å²) in [4.78, 5) is 46.4. The summed E-state index contributed by atoms with van der Waals surface area (Å²) in [5.74, 6) is 3.37. The molecule has 1 amide bonds. The number of phenols is 2. The molecular formula is C63H80N8O13. The highest BCUT2D eigenvalue weighted by molar-refractivity contribution is 5.77. The summed E-state index contributed by atoms with van der Waals surface area (Å²) >= 11 is 0. The Balaban J connectivity index is 0.000000199. The molecule has 12 rings (SSSR count). The molecule has 21 heteroatoms. The van der Waals surface area contributed by atoms with Gasteiger partial charge in [-0.05, 0) is 95.6 Å².